The molecule has 1 aliphatic carbocycles. The second-order valence-electron chi connectivity index (χ2n) is 4.03. The number of hydrogen-bond acceptors (Lipinski definition) is 2. The lowest BCUT2D eigenvalue weighted by atomic mass is 10.1. The molecule has 2 heteroatoms. The molecule has 2 nitrogen and oxygen atoms in total. The van der Waals surface area contributed by atoms with Gasteiger partial charge in [-0.25, -0.2) is 0 Å². The lowest BCUT2D eigenvalue weighted by molar-refractivity contribution is 0.489. The molecule has 2 rings (SSSR count). The van der Waals surface area contributed by atoms with E-state index in [2.05, 4.69) is 18.3 Å². The quantitative estimate of drug-likeness (QED) is 0.771. The molecule has 1 N–H and O–H groups in total. The van der Waals surface area contributed by atoms with Crippen LogP contribution in [0.25, 0.3) is 0 Å². The number of hydrogen-bond donors (Lipinski definition) is 1. The van der Waals surface area contributed by atoms with E-state index in [0.29, 0.717) is 6.04 Å². The summed E-state index contributed by atoms with van der Waals surface area (Å²) in [4.78, 5) is 0. The Morgan fingerprint density at radius 2 is 2.15 bits per heavy atom. The van der Waals surface area contributed by atoms with Gasteiger partial charge in [0.05, 0.1) is 0 Å². The van der Waals surface area contributed by atoms with Crippen molar-refractivity contribution in [1.82, 2.24) is 5.32 Å². The molecule has 13 heavy (non-hydrogen) atoms. The van der Waals surface area contributed by atoms with Gasteiger partial charge in [0, 0.05) is 17.6 Å². The number of rotatable bonds is 3. The number of furan rings is 1. The minimum Gasteiger partial charge on any atom is -0.466 e. The average Bonchev–Trinajstić information content (AvgIpc) is 2.77. The molecule has 72 valence electrons. The van der Waals surface area contributed by atoms with Gasteiger partial charge >= 0.3 is 0 Å². The predicted octanol–water partition coefficient (Wildman–Crippen LogP) is 2.71. The molecule has 0 spiro atoms. The minimum absolute atomic E-state index is 0.435. The first-order valence-electron chi connectivity index (χ1n) is 5.00. The van der Waals surface area contributed by atoms with Crippen LogP contribution in [0.2, 0.25) is 0 Å². The fraction of sp³-hybridized carbons (Fsp3) is 0.636. The largest absolute Gasteiger partial charge is 0.466 e. The molecule has 0 amide bonds. The molecular formula is C11H17NO. The van der Waals surface area contributed by atoms with Gasteiger partial charge in [-0.3, -0.25) is 0 Å². The highest BCUT2D eigenvalue weighted by Crippen LogP contribution is 2.26. The van der Waals surface area contributed by atoms with Crippen molar-refractivity contribution in [2.45, 2.75) is 45.7 Å². The van der Waals surface area contributed by atoms with E-state index in [4.69, 9.17) is 4.42 Å². The lowest BCUT2D eigenvalue weighted by Gasteiger charge is -2.11. The van der Waals surface area contributed by atoms with Gasteiger partial charge < -0.3 is 9.73 Å². The zero-order valence-corrected chi connectivity index (χ0v) is 8.55. The van der Waals surface area contributed by atoms with E-state index in [9.17, 15) is 0 Å². The van der Waals surface area contributed by atoms with Gasteiger partial charge in [-0.1, -0.05) is 0 Å². The molecule has 0 saturated heterocycles. The van der Waals surface area contributed by atoms with E-state index in [1.807, 2.05) is 13.8 Å². The topological polar surface area (TPSA) is 25.2 Å². The van der Waals surface area contributed by atoms with Crippen LogP contribution in [0.3, 0.4) is 0 Å². The zero-order chi connectivity index (χ0) is 9.42. The maximum Gasteiger partial charge on any atom is 0.105 e. The van der Waals surface area contributed by atoms with Crippen molar-refractivity contribution < 1.29 is 4.42 Å². The first-order chi connectivity index (χ1) is 6.16. The van der Waals surface area contributed by atoms with Crippen molar-refractivity contribution in [3.63, 3.8) is 0 Å². The fourth-order valence-electron chi connectivity index (χ4n) is 1.77. The van der Waals surface area contributed by atoms with Crippen LogP contribution in [0.1, 0.15) is 42.9 Å². The summed E-state index contributed by atoms with van der Waals surface area (Å²) in [6.07, 6.45) is 2.67. The van der Waals surface area contributed by atoms with Gasteiger partial charge in [-0.2, -0.15) is 0 Å². The van der Waals surface area contributed by atoms with Crippen LogP contribution in [0.15, 0.2) is 10.5 Å². The molecule has 1 fully saturated rings. The standard InChI is InChI=1S/C11H17NO/c1-7-6-11(9(3)13-7)8(2)12-10-4-5-10/h6,8,10,12H,4-5H2,1-3H3. The van der Waals surface area contributed by atoms with E-state index in [0.717, 1.165) is 17.6 Å². The molecule has 1 aromatic heterocycles. The van der Waals surface area contributed by atoms with E-state index in [1.165, 1.54) is 18.4 Å². The molecule has 1 aromatic rings. The number of nitrogens with one attached hydrogen (secondary N) is 1. The second kappa shape index (κ2) is 3.18. The van der Waals surface area contributed by atoms with E-state index in [1.54, 1.807) is 0 Å². The maximum absolute atomic E-state index is 5.50. The summed E-state index contributed by atoms with van der Waals surface area (Å²) < 4.78 is 5.50. The van der Waals surface area contributed by atoms with Crippen molar-refractivity contribution in [1.29, 1.82) is 0 Å². The maximum atomic E-state index is 5.50. The molecule has 1 unspecified atom stereocenters. The van der Waals surface area contributed by atoms with Crippen LogP contribution >= 0.6 is 0 Å². The van der Waals surface area contributed by atoms with Gasteiger partial charge in [-0.15, -0.1) is 0 Å². The van der Waals surface area contributed by atoms with E-state index in [-0.39, 0.29) is 0 Å². The summed E-state index contributed by atoms with van der Waals surface area (Å²) in [5.74, 6) is 2.06. The molecule has 0 aliphatic heterocycles. The van der Waals surface area contributed by atoms with Gasteiger partial charge in [0.2, 0.25) is 0 Å². The van der Waals surface area contributed by atoms with E-state index >= 15 is 0 Å². The van der Waals surface area contributed by atoms with E-state index < -0.39 is 0 Å². The second-order valence-corrected chi connectivity index (χ2v) is 4.03. The van der Waals surface area contributed by atoms with Crippen molar-refractivity contribution in [3.8, 4) is 0 Å². The Bertz CT molecular complexity index is 299. The molecular weight excluding hydrogens is 162 g/mol. The summed E-state index contributed by atoms with van der Waals surface area (Å²) in [5.41, 5.74) is 1.31. The third-order valence-corrected chi connectivity index (χ3v) is 2.61. The Labute approximate surface area is 79.3 Å². The Kier molecular flexibility index (Phi) is 2.16. The molecule has 1 aliphatic rings. The van der Waals surface area contributed by atoms with Crippen LogP contribution < -0.4 is 5.32 Å². The van der Waals surface area contributed by atoms with Gasteiger partial charge in [-0.05, 0) is 39.7 Å². The predicted molar refractivity (Wildman–Crippen MR) is 52.8 cm³/mol. The summed E-state index contributed by atoms with van der Waals surface area (Å²) in [6.45, 7) is 6.24. The average molecular weight is 179 g/mol. The summed E-state index contributed by atoms with van der Waals surface area (Å²) in [7, 11) is 0. The SMILES string of the molecule is Cc1cc(C(C)NC2CC2)c(C)o1. The Morgan fingerprint density at radius 1 is 1.46 bits per heavy atom. The van der Waals surface area contributed by atoms with Gasteiger partial charge in [0.15, 0.2) is 0 Å². The van der Waals surface area contributed by atoms with Gasteiger partial charge in [0.25, 0.3) is 0 Å². The summed E-state index contributed by atoms with van der Waals surface area (Å²) >= 11 is 0. The summed E-state index contributed by atoms with van der Waals surface area (Å²) in [5, 5.41) is 3.56. The minimum atomic E-state index is 0.435. The van der Waals surface area contributed by atoms with Crippen molar-refractivity contribution >= 4 is 0 Å². The van der Waals surface area contributed by atoms with Crippen LogP contribution in [0.4, 0.5) is 0 Å². The van der Waals surface area contributed by atoms with Crippen molar-refractivity contribution in [2.75, 3.05) is 0 Å². The zero-order valence-electron chi connectivity index (χ0n) is 8.55. The molecule has 1 atom stereocenters. The Balaban J connectivity index is 2.08. The highest BCUT2D eigenvalue weighted by molar-refractivity contribution is 5.23. The Hall–Kier alpha value is -0.760. The molecule has 1 heterocycles. The lowest BCUT2D eigenvalue weighted by Crippen LogP contribution is -2.20. The monoisotopic (exact) mass is 179 g/mol. The molecule has 0 bridgehead atoms. The van der Waals surface area contributed by atoms with Crippen molar-refractivity contribution in [3.05, 3.63) is 23.2 Å². The third kappa shape index (κ3) is 1.94. The third-order valence-electron chi connectivity index (χ3n) is 2.61. The fourth-order valence-corrected chi connectivity index (χ4v) is 1.77. The van der Waals surface area contributed by atoms with Crippen LogP contribution in [-0.2, 0) is 0 Å². The normalized spacial score (nSPS) is 19.0. The molecule has 1 saturated carbocycles. The molecule has 0 radical (unpaired) electrons. The van der Waals surface area contributed by atoms with Crippen LogP contribution in [-0.4, -0.2) is 6.04 Å². The smallest absolute Gasteiger partial charge is 0.105 e. The van der Waals surface area contributed by atoms with Crippen LogP contribution in [0, 0.1) is 13.8 Å². The molecule has 0 aromatic carbocycles. The van der Waals surface area contributed by atoms with Crippen molar-refractivity contribution in [2.24, 2.45) is 0 Å². The number of aryl methyl sites for hydroxylation is 2. The highest BCUT2D eigenvalue weighted by atomic mass is 16.3. The first-order valence-corrected chi connectivity index (χ1v) is 5.00. The highest BCUT2D eigenvalue weighted by Gasteiger charge is 2.24. The van der Waals surface area contributed by atoms with Gasteiger partial charge in [0.1, 0.15) is 11.5 Å². The summed E-state index contributed by atoms with van der Waals surface area (Å²) in [6, 6.07) is 3.32. The Morgan fingerprint density at radius 3 is 2.62 bits per heavy atom. The first kappa shape index (κ1) is 8.82. The van der Waals surface area contributed by atoms with Crippen LogP contribution in [0.5, 0.6) is 0 Å².